The lowest BCUT2D eigenvalue weighted by Crippen LogP contribution is -2.47. The van der Waals surface area contributed by atoms with E-state index in [2.05, 4.69) is 48.9 Å². The predicted molar refractivity (Wildman–Crippen MR) is 77.9 cm³/mol. The van der Waals surface area contributed by atoms with Gasteiger partial charge in [-0.05, 0) is 37.6 Å². The highest BCUT2D eigenvalue weighted by molar-refractivity contribution is 7.09. The summed E-state index contributed by atoms with van der Waals surface area (Å²) in [6.45, 7) is 8.96. The Morgan fingerprint density at radius 1 is 1.33 bits per heavy atom. The number of rotatable bonds is 7. The van der Waals surface area contributed by atoms with E-state index in [0.717, 1.165) is 13.0 Å². The highest BCUT2D eigenvalue weighted by atomic mass is 32.1. The van der Waals surface area contributed by atoms with Crippen LogP contribution in [-0.4, -0.2) is 24.5 Å². The van der Waals surface area contributed by atoms with Crippen molar-refractivity contribution < 1.29 is 4.79 Å². The Balaban J connectivity index is 2.30. The van der Waals surface area contributed by atoms with Crippen molar-refractivity contribution in [3.63, 3.8) is 0 Å². The first-order valence-corrected chi connectivity index (χ1v) is 7.43. The molecule has 0 saturated carbocycles. The molecule has 3 nitrogen and oxygen atoms in total. The maximum absolute atomic E-state index is 11.8. The van der Waals surface area contributed by atoms with E-state index in [1.165, 1.54) is 4.88 Å². The lowest BCUT2D eigenvalue weighted by atomic mass is 10.1. The van der Waals surface area contributed by atoms with Gasteiger partial charge in [0.25, 0.3) is 0 Å². The topological polar surface area (TPSA) is 41.1 Å². The molecular formula is C14H24N2OS. The summed E-state index contributed by atoms with van der Waals surface area (Å²) in [6, 6.07) is 4.36. The lowest BCUT2D eigenvalue weighted by molar-refractivity contribution is -0.123. The van der Waals surface area contributed by atoms with Crippen LogP contribution in [0, 0.1) is 5.92 Å². The van der Waals surface area contributed by atoms with Gasteiger partial charge in [0.05, 0.1) is 6.04 Å². The van der Waals surface area contributed by atoms with Crippen molar-refractivity contribution in [2.24, 2.45) is 5.92 Å². The molecule has 0 saturated heterocycles. The van der Waals surface area contributed by atoms with Crippen molar-refractivity contribution in [1.29, 1.82) is 0 Å². The molecule has 1 aromatic heterocycles. The Hall–Kier alpha value is -0.870. The molecule has 1 heterocycles. The summed E-state index contributed by atoms with van der Waals surface area (Å²) >= 11 is 1.76. The molecule has 0 spiro atoms. The van der Waals surface area contributed by atoms with Crippen molar-refractivity contribution in [3.8, 4) is 0 Å². The molecule has 18 heavy (non-hydrogen) atoms. The van der Waals surface area contributed by atoms with Gasteiger partial charge in [-0.2, -0.15) is 0 Å². The molecule has 102 valence electrons. The second kappa shape index (κ2) is 7.54. The third-order valence-electron chi connectivity index (χ3n) is 2.70. The second-order valence-corrected chi connectivity index (χ2v) is 6.24. The van der Waals surface area contributed by atoms with E-state index >= 15 is 0 Å². The molecule has 2 atom stereocenters. The molecule has 0 aromatic carbocycles. The summed E-state index contributed by atoms with van der Waals surface area (Å²) in [5, 5.41) is 8.37. The number of nitrogens with one attached hydrogen (secondary N) is 2. The number of hydrogen-bond donors (Lipinski definition) is 2. The standard InChI is InChI=1S/C14H24N2OS/c1-10(2)9-15-14(17)12(4)16-11(3)8-13-6-5-7-18-13/h5-7,10-12,16H,8-9H2,1-4H3,(H,15,17). The van der Waals surface area contributed by atoms with Crippen LogP contribution in [0.3, 0.4) is 0 Å². The quantitative estimate of drug-likeness (QED) is 0.797. The molecule has 0 fully saturated rings. The second-order valence-electron chi connectivity index (χ2n) is 5.21. The molecule has 2 unspecified atom stereocenters. The zero-order chi connectivity index (χ0) is 13.5. The minimum absolute atomic E-state index is 0.0849. The van der Waals surface area contributed by atoms with Crippen molar-refractivity contribution >= 4 is 17.2 Å². The van der Waals surface area contributed by atoms with Crippen LogP contribution in [-0.2, 0) is 11.2 Å². The summed E-state index contributed by atoms with van der Waals surface area (Å²) in [7, 11) is 0. The van der Waals surface area contributed by atoms with Crippen LogP contribution in [0.25, 0.3) is 0 Å². The molecule has 1 amide bonds. The van der Waals surface area contributed by atoms with Crippen molar-refractivity contribution in [3.05, 3.63) is 22.4 Å². The van der Waals surface area contributed by atoms with Gasteiger partial charge in [0.1, 0.15) is 0 Å². The minimum Gasteiger partial charge on any atom is -0.354 e. The van der Waals surface area contributed by atoms with Gasteiger partial charge >= 0.3 is 0 Å². The van der Waals surface area contributed by atoms with Crippen LogP contribution in [0.2, 0.25) is 0 Å². The zero-order valence-electron chi connectivity index (χ0n) is 11.7. The van der Waals surface area contributed by atoms with Gasteiger partial charge in [0.2, 0.25) is 5.91 Å². The first-order chi connectivity index (χ1) is 8.49. The highest BCUT2D eigenvalue weighted by Gasteiger charge is 2.15. The fourth-order valence-corrected chi connectivity index (χ4v) is 2.58. The van der Waals surface area contributed by atoms with Crippen LogP contribution < -0.4 is 10.6 Å². The van der Waals surface area contributed by atoms with Gasteiger partial charge in [-0.25, -0.2) is 0 Å². The first kappa shape index (κ1) is 15.2. The molecule has 0 aliphatic carbocycles. The van der Waals surface area contributed by atoms with E-state index in [-0.39, 0.29) is 11.9 Å². The lowest BCUT2D eigenvalue weighted by Gasteiger charge is -2.19. The van der Waals surface area contributed by atoms with E-state index in [4.69, 9.17) is 0 Å². The van der Waals surface area contributed by atoms with Crippen LogP contribution in [0.5, 0.6) is 0 Å². The van der Waals surface area contributed by atoms with Crippen molar-refractivity contribution in [2.75, 3.05) is 6.54 Å². The summed E-state index contributed by atoms with van der Waals surface area (Å²) in [6.07, 6.45) is 0.972. The Kier molecular flexibility index (Phi) is 6.36. The molecule has 0 radical (unpaired) electrons. The summed E-state index contributed by atoms with van der Waals surface area (Å²) in [5.74, 6) is 0.575. The fourth-order valence-electron chi connectivity index (χ4n) is 1.75. The highest BCUT2D eigenvalue weighted by Crippen LogP contribution is 2.11. The van der Waals surface area contributed by atoms with E-state index in [0.29, 0.717) is 12.0 Å². The van der Waals surface area contributed by atoms with Gasteiger partial charge in [-0.1, -0.05) is 19.9 Å². The third kappa shape index (κ3) is 5.65. The molecule has 2 N–H and O–H groups in total. The Bertz CT molecular complexity index is 349. The van der Waals surface area contributed by atoms with Gasteiger partial charge in [-0.3, -0.25) is 4.79 Å². The summed E-state index contributed by atoms with van der Waals surface area (Å²) in [4.78, 5) is 13.2. The average molecular weight is 268 g/mol. The first-order valence-electron chi connectivity index (χ1n) is 6.55. The fraction of sp³-hybridized carbons (Fsp3) is 0.643. The largest absolute Gasteiger partial charge is 0.354 e. The average Bonchev–Trinajstić information content (AvgIpc) is 2.78. The Morgan fingerprint density at radius 2 is 2.06 bits per heavy atom. The summed E-state index contributed by atoms with van der Waals surface area (Å²) < 4.78 is 0. The number of carbonyl (C=O) groups excluding carboxylic acids is 1. The van der Waals surface area contributed by atoms with Crippen molar-refractivity contribution in [2.45, 2.75) is 46.2 Å². The third-order valence-corrected chi connectivity index (χ3v) is 3.60. The van der Waals surface area contributed by atoms with Gasteiger partial charge in [0.15, 0.2) is 0 Å². The maximum Gasteiger partial charge on any atom is 0.236 e. The Labute approximate surface area is 114 Å². The van der Waals surface area contributed by atoms with Crippen LogP contribution >= 0.6 is 11.3 Å². The molecule has 0 bridgehead atoms. The predicted octanol–water partition coefficient (Wildman–Crippen LogP) is 2.43. The maximum atomic E-state index is 11.8. The Morgan fingerprint density at radius 3 is 2.61 bits per heavy atom. The number of carbonyl (C=O) groups is 1. The zero-order valence-corrected chi connectivity index (χ0v) is 12.5. The molecule has 1 aromatic rings. The number of thiophene rings is 1. The number of hydrogen-bond acceptors (Lipinski definition) is 3. The van der Waals surface area contributed by atoms with E-state index in [1.54, 1.807) is 11.3 Å². The van der Waals surface area contributed by atoms with Gasteiger partial charge in [-0.15, -0.1) is 11.3 Å². The molecule has 4 heteroatoms. The number of amides is 1. The SMILES string of the molecule is CC(C)CNC(=O)C(C)NC(C)Cc1cccs1. The van der Waals surface area contributed by atoms with E-state index in [1.807, 2.05) is 6.92 Å². The normalized spacial score (nSPS) is 14.5. The van der Waals surface area contributed by atoms with Crippen molar-refractivity contribution in [1.82, 2.24) is 10.6 Å². The van der Waals surface area contributed by atoms with Crippen LogP contribution in [0.15, 0.2) is 17.5 Å². The molecule has 0 aliphatic rings. The van der Waals surface area contributed by atoms with Crippen LogP contribution in [0.4, 0.5) is 0 Å². The summed E-state index contributed by atoms with van der Waals surface area (Å²) in [5.41, 5.74) is 0. The van der Waals surface area contributed by atoms with Gasteiger partial charge < -0.3 is 10.6 Å². The van der Waals surface area contributed by atoms with Gasteiger partial charge in [0, 0.05) is 17.5 Å². The molecule has 1 rings (SSSR count). The smallest absolute Gasteiger partial charge is 0.236 e. The van der Waals surface area contributed by atoms with E-state index < -0.39 is 0 Å². The molecule has 0 aliphatic heterocycles. The monoisotopic (exact) mass is 268 g/mol. The van der Waals surface area contributed by atoms with E-state index in [9.17, 15) is 4.79 Å². The van der Waals surface area contributed by atoms with Crippen LogP contribution in [0.1, 0.15) is 32.6 Å². The minimum atomic E-state index is -0.140. The molecular weight excluding hydrogens is 244 g/mol.